The Bertz CT molecular complexity index is 1050. The summed E-state index contributed by atoms with van der Waals surface area (Å²) in [5.74, 6) is 0.618. The smallest absolute Gasteiger partial charge is 0.264 e. The van der Waals surface area contributed by atoms with Crippen LogP contribution in [0.1, 0.15) is 5.56 Å². The number of carbonyl (C=O) groups excluding carboxylic acids is 1. The number of carbonyl (C=O) groups is 1. The van der Waals surface area contributed by atoms with Gasteiger partial charge in [-0.15, -0.1) is 0 Å². The van der Waals surface area contributed by atoms with Gasteiger partial charge in [-0.3, -0.25) is 4.79 Å². The largest absolute Gasteiger partial charge is 0.493 e. The maximum Gasteiger partial charge on any atom is 0.264 e. The van der Waals surface area contributed by atoms with Crippen LogP contribution in [-0.2, 0) is 4.79 Å². The Morgan fingerprint density at radius 2 is 1.87 bits per heavy atom. The van der Waals surface area contributed by atoms with Gasteiger partial charge in [0, 0.05) is 31.9 Å². The summed E-state index contributed by atoms with van der Waals surface area (Å²) in [6.07, 6.45) is 1.56. The van der Waals surface area contributed by atoms with Crippen molar-refractivity contribution in [2.45, 2.75) is 0 Å². The predicted molar refractivity (Wildman–Crippen MR) is 126 cm³/mol. The van der Waals surface area contributed by atoms with Crippen LogP contribution < -0.4 is 14.4 Å². The van der Waals surface area contributed by atoms with Crippen molar-refractivity contribution in [2.75, 3.05) is 44.8 Å². The molecule has 0 N–H and O–H groups in total. The number of halogens is 1. The molecule has 31 heavy (non-hydrogen) atoms. The van der Waals surface area contributed by atoms with E-state index in [1.54, 1.807) is 23.1 Å². The molecule has 1 heterocycles. The minimum absolute atomic E-state index is 0.0664. The van der Waals surface area contributed by atoms with Gasteiger partial charge in [0.1, 0.15) is 17.7 Å². The zero-order chi connectivity index (χ0) is 22.2. The summed E-state index contributed by atoms with van der Waals surface area (Å²) in [7, 11) is 1.50. The van der Waals surface area contributed by atoms with E-state index in [4.69, 9.17) is 14.7 Å². The number of hydrogen-bond donors (Lipinski definition) is 0. The van der Waals surface area contributed by atoms with Gasteiger partial charge in [-0.2, -0.15) is 10.5 Å². The van der Waals surface area contributed by atoms with Gasteiger partial charge in [0.05, 0.1) is 10.7 Å². The maximum atomic E-state index is 12.9. The van der Waals surface area contributed by atoms with Crippen LogP contribution in [0.2, 0.25) is 0 Å². The van der Waals surface area contributed by atoms with Crippen LogP contribution in [0.25, 0.3) is 6.08 Å². The standard InChI is InChI=1S/C23H21IN4O3/c1-30-21-15-17(14-20(24)22(21)31-12-7-25)13-18(16-26)23(29)28-10-8-27(9-11-28)19-5-3-2-4-6-19/h2-6,13-15H,8-12H2,1H3/b18-13-. The average molecular weight is 528 g/mol. The maximum absolute atomic E-state index is 12.9. The lowest BCUT2D eigenvalue weighted by Gasteiger charge is -2.36. The second-order valence-corrected chi connectivity index (χ2v) is 7.93. The third-order valence-corrected chi connectivity index (χ3v) is 5.68. The van der Waals surface area contributed by atoms with Crippen LogP contribution in [0, 0.1) is 26.2 Å². The molecule has 0 saturated carbocycles. The molecule has 8 heteroatoms. The van der Waals surface area contributed by atoms with E-state index in [-0.39, 0.29) is 18.1 Å². The van der Waals surface area contributed by atoms with E-state index in [1.807, 2.05) is 30.3 Å². The number of amides is 1. The number of benzene rings is 2. The molecular formula is C23H21IN4O3. The van der Waals surface area contributed by atoms with E-state index in [2.05, 4.69) is 39.6 Å². The van der Waals surface area contributed by atoms with Gasteiger partial charge in [-0.05, 0) is 58.5 Å². The van der Waals surface area contributed by atoms with E-state index in [1.165, 1.54) is 7.11 Å². The first-order chi connectivity index (χ1) is 15.1. The molecule has 0 unspecified atom stereocenters. The van der Waals surface area contributed by atoms with E-state index < -0.39 is 0 Å². The van der Waals surface area contributed by atoms with Crippen molar-refractivity contribution in [3.8, 4) is 23.6 Å². The fraction of sp³-hybridized carbons (Fsp3) is 0.261. The molecule has 1 aliphatic heterocycles. The van der Waals surface area contributed by atoms with Crippen molar-refractivity contribution in [3.05, 3.63) is 57.2 Å². The summed E-state index contributed by atoms with van der Waals surface area (Å²) in [4.78, 5) is 16.9. The minimum Gasteiger partial charge on any atom is -0.493 e. The highest BCUT2D eigenvalue weighted by molar-refractivity contribution is 14.1. The number of anilines is 1. The topological polar surface area (TPSA) is 89.6 Å². The number of rotatable bonds is 6. The molecular weight excluding hydrogens is 507 g/mol. The Morgan fingerprint density at radius 3 is 2.48 bits per heavy atom. The Morgan fingerprint density at radius 1 is 1.16 bits per heavy atom. The minimum atomic E-state index is -0.283. The van der Waals surface area contributed by atoms with E-state index in [0.29, 0.717) is 43.2 Å². The zero-order valence-electron chi connectivity index (χ0n) is 17.0. The summed E-state index contributed by atoms with van der Waals surface area (Å²) < 4.78 is 11.5. The Balaban J connectivity index is 1.75. The first kappa shape index (κ1) is 22.4. The van der Waals surface area contributed by atoms with Crippen molar-refractivity contribution < 1.29 is 14.3 Å². The van der Waals surface area contributed by atoms with Gasteiger partial charge in [0.2, 0.25) is 0 Å². The molecule has 1 saturated heterocycles. The van der Waals surface area contributed by atoms with Crippen molar-refractivity contribution in [1.29, 1.82) is 10.5 Å². The molecule has 3 rings (SSSR count). The normalized spacial score (nSPS) is 13.9. The fourth-order valence-electron chi connectivity index (χ4n) is 3.35. The summed E-state index contributed by atoms with van der Waals surface area (Å²) in [5, 5.41) is 18.4. The van der Waals surface area contributed by atoms with Crippen LogP contribution in [0.5, 0.6) is 11.5 Å². The number of hydrogen-bond acceptors (Lipinski definition) is 6. The van der Waals surface area contributed by atoms with Crippen molar-refractivity contribution in [1.82, 2.24) is 4.90 Å². The number of nitriles is 2. The van der Waals surface area contributed by atoms with Gasteiger partial charge in [0.15, 0.2) is 18.1 Å². The molecule has 2 aromatic carbocycles. The third kappa shape index (κ3) is 5.47. The fourth-order valence-corrected chi connectivity index (χ4v) is 4.13. The van der Waals surface area contributed by atoms with E-state index in [0.717, 1.165) is 9.26 Å². The highest BCUT2D eigenvalue weighted by Gasteiger charge is 2.24. The van der Waals surface area contributed by atoms with Crippen LogP contribution in [0.3, 0.4) is 0 Å². The monoisotopic (exact) mass is 528 g/mol. The molecule has 2 aromatic rings. The van der Waals surface area contributed by atoms with Crippen molar-refractivity contribution >= 4 is 40.3 Å². The van der Waals surface area contributed by atoms with Gasteiger partial charge >= 0.3 is 0 Å². The third-order valence-electron chi connectivity index (χ3n) is 4.88. The summed E-state index contributed by atoms with van der Waals surface area (Å²) in [6, 6.07) is 17.5. The van der Waals surface area contributed by atoms with Crippen molar-refractivity contribution in [2.24, 2.45) is 0 Å². The Labute approximate surface area is 195 Å². The first-order valence-corrected chi connectivity index (χ1v) is 10.7. The number of methoxy groups -OCH3 is 1. The number of para-hydroxylation sites is 1. The highest BCUT2D eigenvalue weighted by Crippen LogP contribution is 2.34. The van der Waals surface area contributed by atoms with Gasteiger partial charge in [-0.25, -0.2) is 0 Å². The zero-order valence-corrected chi connectivity index (χ0v) is 19.2. The Hall–Kier alpha value is -3.24. The second-order valence-electron chi connectivity index (χ2n) is 6.77. The number of piperazine rings is 1. The number of nitrogens with zero attached hydrogens (tertiary/aromatic N) is 4. The Kier molecular flexibility index (Phi) is 7.74. The van der Waals surface area contributed by atoms with Crippen LogP contribution >= 0.6 is 22.6 Å². The summed E-state index contributed by atoms with van der Waals surface area (Å²) in [5.41, 5.74) is 1.85. The molecule has 158 valence electrons. The van der Waals surface area contributed by atoms with Gasteiger partial charge in [0.25, 0.3) is 5.91 Å². The molecule has 0 aliphatic carbocycles. The SMILES string of the molecule is COc1cc(/C=C(/C#N)C(=O)N2CCN(c3ccccc3)CC2)cc(I)c1OCC#N. The molecule has 7 nitrogen and oxygen atoms in total. The molecule has 1 amide bonds. The molecule has 0 atom stereocenters. The lowest BCUT2D eigenvalue weighted by Crippen LogP contribution is -2.49. The first-order valence-electron chi connectivity index (χ1n) is 9.65. The summed E-state index contributed by atoms with van der Waals surface area (Å²) in [6.45, 7) is 2.43. The molecule has 0 aromatic heterocycles. The van der Waals surface area contributed by atoms with Crippen LogP contribution in [-0.4, -0.2) is 50.7 Å². The molecule has 1 fully saturated rings. The van der Waals surface area contributed by atoms with E-state index in [9.17, 15) is 10.1 Å². The van der Waals surface area contributed by atoms with Gasteiger partial charge in [-0.1, -0.05) is 18.2 Å². The van der Waals surface area contributed by atoms with Crippen molar-refractivity contribution in [3.63, 3.8) is 0 Å². The molecule has 0 bridgehead atoms. The lowest BCUT2D eigenvalue weighted by molar-refractivity contribution is -0.126. The molecule has 0 radical (unpaired) electrons. The average Bonchev–Trinajstić information content (AvgIpc) is 2.81. The predicted octanol–water partition coefficient (Wildman–Crippen LogP) is 3.46. The summed E-state index contributed by atoms with van der Waals surface area (Å²) >= 11 is 2.07. The van der Waals surface area contributed by atoms with Crippen LogP contribution in [0.15, 0.2) is 48.0 Å². The molecule has 0 spiro atoms. The van der Waals surface area contributed by atoms with E-state index >= 15 is 0 Å². The van der Waals surface area contributed by atoms with Gasteiger partial charge < -0.3 is 19.3 Å². The quantitative estimate of drug-likeness (QED) is 0.324. The lowest BCUT2D eigenvalue weighted by atomic mass is 10.1. The second kappa shape index (κ2) is 10.7. The number of ether oxygens (including phenoxy) is 2. The van der Waals surface area contributed by atoms with Crippen LogP contribution in [0.4, 0.5) is 5.69 Å². The molecule has 1 aliphatic rings. The highest BCUT2D eigenvalue weighted by atomic mass is 127.